The van der Waals surface area contributed by atoms with Gasteiger partial charge >= 0.3 is 0 Å². The third-order valence-corrected chi connectivity index (χ3v) is 7.10. The van der Waals surface area contributed by atoms with Gasteiger partial charge in [0.25, 0.3) is 11.6 Å². The van der Waals surface area contributed by atoms with E-state index < -0.39 is 32.9 Å². The molecule has 1 aliphatic carbocycles. The molecule has 0 heterocycles. The average molecular weight is 574 g/mol. The maximum Gasteiger partial charge on any atom is 0.269 e. The zero-order chi connectivity index (χ0) is 25.5. The number of alkyl halides is 2. The van der Waals surface area contributed by atoms with E-state index in [2.05, 4.69) is 10.6 Å². The summed E-state index contributed by atoms with van der Waals surface area (Å²) in [6, 6.07) is 14.6. The second-order valence-corrected chi connectivity index (χ2v) is 10.5. The minimum atomic E-state index is -1.36. The summed E-state index contributed by atoms with van der Waals surface area (Å²) in [5.41, 5.74) is 1.24. The maximum atomic E-state index is 13.0. The van der Waals surface area contributed by atoms with Crippen molar-refractivity contribution < 1.29 is 14.5 Å². The molecule has 1 saturated carbocycles. The van der Waals surface area contributed by atoms with Crippen LogP contribution in [0.4, 0.5) is 17.1 Å². The van der Waals surface area contributed by atoms with Crippen LogP contribution in [0.25, 0.3) is 0 Å². The molecule has 0 aliphatic heterocycles. The van der Waals surface area contributed by atoms with Crippen molar-refractivity contribution in [3.63, 3.8) is 0 Å². The Bertz CT molecular complexity index is 1330. The highest BCUT2D eigenvalue weighted by Crippen LogP contribution is 2.65. The molecular weight excluding hydrogens is 560 g/mol. The molecule has 1 fully saturated rings. The molecule has 1 aliphatic rings. The third-order valence-electron chi connectivity index (χ3n) is 5.39. The number of anilines is 2. The smallest absolute Gasteiger partial charge is 0.269 e. The van der Waals surface area contributed by atoms with E-state index in [0.717, 1.165) is 0 Å². The van der Waals surface area contributed by atoms with Crippen molar-refractivity contribution >= 4 is 86.9 Å². The number of nitrogens with one attached hydrogen (secondary N) is 2. The van der Waals surface area contributed by atoms with E-state index in [1.807, 2.05) is 0 Å². The summed E-state index contributed by atoms with van der Waals surface area (Å²) in [6.45, 7) is 0. The summed E-state index contributed by atoms with van der Waals surface area (Å²) in [5, 5.41) is 17.0. The van der Waals surface area contributed by atoms with Crippen LogP contribution in [0.5, 0.6) is 0 Å². The minimum absolute atomic E-state index is 0.0831. The lowest BCUT2D eigenvalue weighted by atomic mass is 10.1. The van der Waals surface area contributed by atoms with Gasteiger partial charge in [0.1, 0.15) is 4.33 Å². The van der Waals surface area contributed by atoms with E-state index >= 15 is 0 Å². The number of non-ortho nitro benzene ring substituents is 1. The van der Waals surface area contributed by atoms with E-state index in [-0.39, 0.29) is 16.3 Å². The molecule has 0 spiro atoms. The Morgan fingerprint density at radius 3 is 2.06 bits per heavy atom. The van der Waals surface area contributed by atoms with Crippen LogP contribution in [-0.2, 0) is 4.79 Å². The second-order valence-electron chi connectivity index (χ2n) is 7.77. The normalized spacial score (nSPS) is 18.0. The fraction of sp³-hybridized carbons (Fsp3) is 0.130. The highest BCUT2D eigenvalue weighted by Gasteiger charge is 2.67. The van der Waals surface area contributed by atoms with Gasteiger partial charge in [-0.05, 0) is 54.1 Å². The standard InChI is InChI=1S/C23H14Cl5N3O4/c24-12-7-11(8-13(25)9-12)19-20(23(19,27)28)22(33)30-15-3-6-18(26)17(10-15)21(32)29-14-1-4-16(5-2-14)31(34)35/h1-10,19-20H,(H,29,32)(H,30,33)/t19-,20+/m1/s1. The van der Waals surface area contributed by atoms with Crippen LogP contribution >= 0.6 is 58.0 Å². The van der Waals surface area contributed by atoms with Crippen molar-refractivity contribution in [2.45, 2.75) is 10.3 Å². The van der Waals surface area contributed by atoms with Gasteiger partial charge in [-0.15, -0.1) is 23.2 Å². The molecule has 12 heteroatoms. The monoisotopic (exact) mass is 571 g/mol. The summed E-state index contributed by atoms with van der Waals surface area (Å²) < 4.78 is -1.36. The summed E-state index contributed by atoms with van der Waals surface area (Å²) >= 11 is 31.1. The number of carbonyl (C=O) groups is 2. The van der Waals surface area contributed by atoms with Crippen molar-refractivity contribution in [3.05, 3.63) is 97.0 Å². The third kappa shape index (κ3) is 5.50. The molecule has 180 valence electrons. The first kappa shape index (κ1) is 25.5. The number of rotatable bonds is 6. The van der Waals surface area contributed by atoms with E-state index in [1.54, 1.807) is 18.2 Å². The summed E-state index contributed by atoms with van der Waals surface area (Å²) in [7, 11) is 0. The molecular formula is C23H14Cl5N3O4. The first-order valence-corrected chi connectivity index (χ1v) is 11.9. The number of hydrogen-bond donors (Lipinski definition) is 2. The van der Waals surface area contributed by atoms with Crippen molar-refractivity contribution in [2.75, 3.05) is 10.6 Å². The largest absolute Gasteiger partial charge is 0.326 e. The molecule has 0 aromatic heterocycles. The van der Waals surface area contributed by atoms with Crippen LogP contribution in [0.1, 0.15) is 21.8 Å². The van der Waals surface area contributed by atoms with E-state index in [0.29, 0.717) is 27.0 Å². The van der Waals surface area contributed by atoms with Gasteiger partial charge < -0.3 is 10.6 Å². The molecule has 2 amide bonds. The SMILES string of the molecule is O=C(Nc1ccc([N+](=O)[O-])cc1)c1cc(NC(=O)[C@@H]2[C@@H](c3cc(Cl)cc(Cl)c3)C2(Cl)Cl)ccc1Cl. The number of nitrogens with zero attached hydrogens (tertiary/aromatic N) is 1. The minimum Gasteiger partial charge on any atom is -0.326 e. The Kier molecular flexibility index (Phi) is 7.18. The molecule has 0 unspecified atom stereocenters. The summed E-state index contributed by atoms with van der Waals surface area (Å²) in [5.74, 6) is -2.34. The Morgan fingerprint density at radius 2 is 1.46 bits per heavy atom. The van der Waals surface area contributed by atoms with Gasteiger partial charge in [0, 0.05) is 39.5 Å². The molecule has 0 saturated heterocycles. The van der Waals surface area contributed by atoms with E-state index in [1.165, 1.54) is 42.5 Å². The average Bonchev–Trinajstić information content (AvgIpc) is 3.36. The molecule has 7 nitrogen and oxygen atoms in total. The number of carbonyl (C=O) groups excluding carboxylic acids is 2. The lowest BCUT2D eigenvalue weighted by molar-refractivity contribution is -0.384. The van der Waals surface area contributed by atoms with Crippen LogP contribution < -0.4 is 10.6 Å². The molecule has 0 radical (unpaired) electrons. The van der Waals surface area contributed by atoms with Crippen molar-refractivity contribution in [2.24, 2.45) is 5.92 Å². The van der Waals surface area contributed by atoms with Crippen LogP contribution in [-0.4, -0.2) is 21.1 Å². The van der Waals surface area contributed by atoms with Gasteiger partial charge in [-0.1, -0.05) is 34.8 Å². The Hall–Kier alpha value is -2.55. The molecule has 2 N–H and O–H groups in total. The van der Waals surface area contributed by atoms with Crippen molar-refractivity contribution in [1.29, 1.82) is 0 Å². The van der Waals surface area contributed by atoms with Gasteiger partial charge in [-0.2, -0.15) is 0 Å². The number of nitro benzene ring substituents is 1. The fourth-order valence-electron chi connectivity index (χ4n) is 3.68. The van der Waals surface area contributed by atoms with Crippen LogP contribution in [0, 0.1) is 16.0 Å². The van der Waals surface area contributed by atoms with Gasteiger partial charge in [0.15, 0.2) is 0 Å². The predicted molar refractivity (Wildman–Crippen MR) is 138 cm³/mol. The summed E-state index contributed by atoms with van der Waals surface area (Å²) in [4.78, 5) is 35.9. The zero-order valence-electron chi connectivity index (χ0n) is 17.4. The topological polar surface area (TPSA) is 101 Å². The van der Waals surface area contributed by atoms with Gasteiger partial charge in [0.05, 0.1) is 21.4 Å². The Labute approximate surface area is 224 Å². The Balaban J connectivity index is 1.49. The van der Waals surface area contributed by atoms with Gasteiger partial charge in [0.2, 0.25) is 5.91 Å². The zero-order valence-corrected chi connectivity index (χ0v) is 21.2. The molecule has 3 aromatic carbocycles. The van der Waals surface area contributed by atoms with E-state index in [4.69, 9.17) is 58.0 Å². The molecule has 0 bridgehead atoms. The molecule has 35 heavy (non-hydrogen) atoms. The van der Waals surface area contributed by atoms with Crippen LogP contribution in [0.3, 0.4) is 0 Å². The second kappa shape index (κ2) is 9.84. The highest BCUT2D eigenvalue weighted by atomic mass is 35.5. The predicted octanol–water partition coefficient (Wildman–Crippen LogP) is 7.33. The maximum absolute atomic E-state index is 13.0. The summed E-state index contributed by atoms with van der Waals surface area (Å²) in [6.07, 6.45) is 0. The number of benzene rings is 3. The molecule has 2 atom stereocenters. The first-order chi connectivity index (χ1) is 16.5. The number of amides is 2. The van der Waals surface area contributed by atoms with E-state index in [9.17, 15) is 19.7 Å². The first-order valence-electron chi connectivity index (χ1n) is 9.97. The number of halogens is 5. The Morgan fingerprint density at radius 1 is 0.857 bits per heavy atom. The van der Waals surface area contributed by atoms with Crippen molar-refractivity contribution in [3.8, 4) is 0 Å². The lowest BCUT2D eigenvalue weighted by Gasteiger charge is -2.10. The van der Waals surface area contributed by atoms with Gasteiger partial charge in [-0.25, -0.2) is 0 Å². The van der Waals surface area contributed by atoms with Crippen molar-refractivity contribution in [1.82, 2.24) is 0 Å². The molecule has 3 aromatic rings. The van der Waals surface area contributed by atoms with Gasteiger partial charge in [-0.3, -0.25) is 19.7 Å². The van der Waals surface area contributed by atoms with Crippen LogP contribution in [0.15, 0.2) is 60.7 Å². The lowest BCUT2D eigenvalue weighted by Crippen LogP contribution is -2.18. The number of hydrogen-bond acceptors (Lipinski definition) is 4. The molecule has 4 rings (SSSR count). The highest BCUT2D eigenvalue weighted by molar-refractivity contribution is 6.53. The fourth-order valence-corrected chi connectivity index (χ4v) is 5.26. The quantitative estimate of drug-likeness (QED) is 0.183. The van der Waals surface area contributed by atoms with Crippen LogP contribution in [0.2, 0.25) is 15.1 Å². The number of nitro groups is 1.